The Bertz CT molecular complexity index is 272. The molecule has 0 aromatic carbocycles. The van der Waals surface area contributed by atoms with E-state index in [4.69, 9.17) is 5.73 Å². The molecule has 0 saturated carbocycles. The number of nitrogens with two attached hydrogens (primary N) is 1. The standard InChI is InChI=1S/C11H21N3/c1-7(2)10-6-11(9(5)12)14(13-10)8(3)4/h6-9H,12H2,1-5H3/t9-/m1/s1. The zero-order chi connectivity index (χ0) is 10.9. The first-order valence-corrected chi connectivity index (χ1v) is 5.28. The van der Waals surface area contributed by atoms with Gasteiger partial charge in [0.05, 0.1) is 11.4 Å². The van der Waals surface area contributed by atoms with E-state index in [1.54, 1.807) is 0 Å². The van der Waals surface area contributed by atoms with Crippen LogP contribution in [0.2, 0.25) is 0 Å². The molecule has 1 atom stereocenters. The van der Waals surface area contributed by atoms with Crippen LogP contribution in [0.15, 0.2) is 6.07 Å². The highest BCUT2D eigenvalue weighted by atomic mass is 15.3. The van der Waals surface area contributed by atoms with Gasteiger partial charge in [-0.25, -0.2) is 0 Å². The highest BCUT2D eigenvalue weighted by Gasteiger charge is 2.14. The number of hydrogen-bond acceptors (Lipinski definition) is 2. The molecule has 0 bridgehead atoms. The molecule has 0 aliphatic carbocycles. The Labute approximate surface area is 86.3 Å². The minimum absolute atomic E-state index is 0.0531. The zero-order valence-corrected chi connectivity index (χ0v) is 9.78. The molecule has 1 heterocycles. The van der Waals surface area contributed by atoms with E-state index in [-0.39, 0.29) is 6.04 Å². The van der Waals surface area contributed by atoms with Crippen LogP contribution in [0.1, 0.15) is 64.0 Å². The van der Waals surface area contributed by atoms with E-state index >= 15 is 0 Å². The molecule has 14 heavy (non-hydrogen) atoms. The monoisotopic (exact) mass is 195 g/mol. The van der Waals surface area contributed by atoms with E-state index in [0.717, 1.165) is 11.4 Å². The van der Waals surface area contributed by atoms with Crippen LogP contribution in [-0.4, -0.2) is 9.78 Å². The topological polar surface area (TPSA) is 43.8 Å². The minimum Gasteiger partial charge on any atom is -0.323 e. The third-order valence-corrected chi connectivity index (χ3v) is 2.33. The summed E-state index contributed by atoms with van der Waals surface area (Å²) in [6.07, 6.45) is 0. The molecular formula is C11H21N3. The summed E-state index contributed by atoms with van der Waals surface area (Å²) in [5, 5.41) is 4.57. The van der Waals surface area contributed by atoms with Crippen molar-refractivity contribution in [3.05, 3.63) is 17.5 Å². The van der Waals surface area contributed by atoms with Crippen LogP contribution in [0.3, 0.4) is 0 Å². The average molecular weight is 195 g/mol. The van der Waals surface area contributed by atoms with Crippen molar-refractivity contribution in [2.45, 2.75) is 52.6 Å². The number of hydrogen-bond donors (Lipinski definition) is 1. The largest absolute Gasteiger partial charge is 0.323 e. The molecule has 0 aliphatic heterocycles. The SMILES string of the molecule is CC(C)c1cc([C@@H](C)N)n(C(C)C)n1. The van der Waals surface area contributed by atoms with Crippen molar-refractivity contribution in [3.8, 4) is 0 Å². The van der Waals surface area contributed by atoms with Crippen LogP contribution in [0.5, 0.6) is 0 Å². The molecule has 0 unspecified atom stereocenters. The third-order valence-electron chi connectivity index (χ3n) is 2.33. The molecule has 2 N–H and O–H groups in total. The summed E-state index contributed by atoms with van der Waals surface area (Å²) in [4.78, 5) is 0. The fourth-order valence-electron chi connectivity index (χ4n) is 1.46. The third kappa shape index (κ3) is 2.15. The quantitative estimate of drug-likeness (QED) is 0.805. The summed E-state index contributed by atoms with van der Waals surface area (Å²) in [6, 6.07) is 2.55. The van der Waals surface area contributed by atoms with Crippen LogP contribution < -0.4 is 5.73 Å². The maximum Gasteiger partial charge on any atom is 0.0653 e. The van der Waals surface area contributed by atoms with Crippen molar-refractivity contribution in [2.24, 2.45) is 5.73 Å². The van der Waals surface area contributed by atoms with E-state index in [2.05, 4.69) is 38.9 Å². The second-order valence-corrected chi connectivity index (χ2v) is 4.48. The number of nitrogens with zero attached hydrogens (tertiary/aromatic N) is 2. The van der Waals surface area contributed by atoms with Crippen LogP contribution in [0.25, 0.3) is 0 Å². The Kier molecular flexibility index (Phi) is 3.32. The van der Waals surface area contributed by atoms with Gasteiger partial charge in [-0.3, -0.25) is 4.68 Å². The lowest BCUT2D eigenvalue weighted by Gasteiger charge is -2.12. The molecule has 1 rings (SSSR count). The Balaban J connectivity index is 3.12. The van der Waals surface area contributed by atoms with Gasteiger partial charge in [0, 0.05) is 12.1 Å². The molecule has 0 fully saturated rings. The van der Waals surface area contributed by atoms with Gasteiger partial charge in [-0.15, -0.1) is 0 Å². The van der Waals surface area contributed by atoms with Crippen LogP contribution in [0, 0.1) is 0 Å². The van der Waals surface area contributed by atoms with Gasteiger partial charge < -0.3 is 5.73 Å². The van der Waals surface area contributed by atoms with Crippen LogP contribution in [-0.2, 0) is 0 Å². The normalized spacial score (nSPS) is 14.0. The van der Waals surface area contributed by atoms with Gasteiger partial charge in [0.2, 0.25) is 0 Å². The second-order valence-electron chi connectivity index (χ2n) is 4.48. The molecule has 0 aliphatic rings. The average Bonchev–Trinajstić information content (AvgIpc) is 2.47. The van der Waals surface area contributed by atoms with Gasteiger partial charge in [0.25, 0.3) is 0 Å². The van der Waals surface area contributed by atoms with Crippen molar-refractivity contribution in [3.63, 3.8) is 0 Å². The molecule has 80 valence electrons. The van der Waals surface area contributed by atoms with E-state index in [1.165, 1.54) is 0 Å². The lowest BCUT2D eigenvalue weighted by molar-refractivity contribution is 0.488. The highest BCUT2D eigenvalue weighted by molar-refractivity contribution is 5.16. The summed E-state index contributed by atoms with van der Waals surface area (Å²) < 4.78 is 2.03. The summed E-state index contributed by atoms with van der Waals surface area (Å²) in [7, 11) is 0. The van der Waals surface area contributed by atoms with Crippen molar-refractivity contribution in [2.75, 3.05) is 0 Å². The van der Waals surface area contributed by atoms with Crippen molar-refractivity contribution in [1.29, 1.82) is 0 Å². The Morgan fingerprint density at radius 1 is 1.21 bits per heavy atom. The molecule has 0 saturated heterocycles. The maximum atomic E-state index is 5.90. The molecule has 1 aromatic rings. The van der Waals surface area contributed by atoms with Crippen molar-refractivity contribution < 1.29 is 0 Å². The first-order chi connectivity index (χ1) is 6.43. The van der Waals surface area contributed by atoms with Crippen molar-refractivity contribution >= 4 is 0 Å². The molecule has 3 nitrogen and oxygen atoms in total. The number of rotatable bonds is 3. The predicted molar refractivity (Wildman–Crippen MR) is 59.3 cm³/mol. The second kappa shape index (κ2) is 4.13. The summed E-state index contributed by atoms with van der Waals surface area (Å²) in [5.74, 6) is 0.465. The summed E-state index contributed by atoms with van der Waals surface area (Å²) >= 11 is 0. The van der Waals surface area contributed by atoms with E-state index < -0.39 is 0 Å². The smallest absolute Gasteiger partial charge is 0.0653 e. The lowest BCUT2D eigenvalue weighted by Crippen LogP contribution is -2.14. The van der Waals surface area contributed by atoms with E-state index in [1.807, 2.05) is 11.6 Å². The van der Waals surface area contributed by atoms with Gasteiger partial charge in [-0.2, -0.15) is 5.10 Å². The van der Waals surface area contributed by atoms with E-state index in [9.17, 15) is 0 Å². The van der Waals surface area contributed by atoms with Gasteiger partial charge in [-0.1, -0.05) is 13.8 Å². The van der Waals surface area contributed by atoms with Gasteiger partial charge in [-0.05, 0) is 32.8 Å². The molecule has 0 spiro atoms. The first-order valence-electron chi connectivity index (χ1n) is 5.28. The van der Waals surface area contributed by atoms with Crippen LogP contribution in [0.4, 0.5) is 0 Å². The Morgan fingerprint density at radius 3 is 2.07 bits per heavy atom. The van der Waals surface area contributed by atoms with E-state index in [0.29, 0.717) is 12.0 Å². The maximum absolute atomic E-state index is 5.90. The zero-order valence-electron chi connectivity index (χ0n) is 9.78. The molecular weight excluding hydrogens is 174 g/mol. The lowest BCUT2D eigenvalue weighted by atomic mass is 10.1. The predicted octanol–water partition coefficient (Wildman–Crippen LogP) is 2.61. The Morgan fingerprint density at radius 2 is 1.79 bits per heavy atom. The molecule has 3 heteroatoms. The summed E-state index contributed by atoms with van der Waals surface area (Å²) in [5.41, 5.74) is 8.16. The first kappa shape index (κ1) is 11.2. The fraction of sp³-hybridized carbons (Fsp3) is 0.727. The number of aromatic nitrogens is 2. The van der Waals surface area contributed by atoms with Crippen LogP contribution >= 0.6 is 0 Å². The van der Waals surface area contributed by atoms with Gasteiger partial charge >= 0.3 is 0 Å². The minimum atomic E-state index is 0.0531. The van der Waals surface area contributed by atoms with Gasteiger partial charge in [0.15, 0.2) is 0 Å². The highest BCUT2D eigenvalue weighted by Crippen LogP contribution is 2.21. The molecule has 0 amide bonds. The molecule has 0 radical (unpaired) electrons. The van der Waals surface area contributed by atoms with Gasteiger partial charge in [0.1, 0.15) is 0 Å². The fourth-order valence-corrected chi connectivity index (χ4v) is 1.46. The Hall–Kier alpha value is -0.830. The summed E-state index contributed by atoms with van der Waals surface area (Å²) in [6.45, 7) is 10.6. The van der Waals surface area contributed by atoms with Crippen molar-refractivity contribution in [1.82, 2.24) is 9.78 Å². The molecule has 1 aromatic heterocycles.